The first kappa shape index (κ1) is 17.6. The van der Waals surface area contributed by atoms with Gasteiger partial charge < -0.3 is 10.3 Å². The highest BCUT2D eigenvalue weighted by Crippen LogP contribution is 2.29. The Morgan fingerprint density at radius 1 is 1.28 bits per heavy atom. The van der Waals surface area contributed by atoms with Crippen LogP contribution in [0.4, 0.5) is 0 Å². The lowest BCUT2D eigenvalue weighted by molar-refractivity contribution is -0.122. The van der Waals surface area contributed by atoms with Crippen LogP contribution < -0.4 is 10.9 Å². The molecule has 3 atom stereocenters. The topological polar surface area (TPSA) is 74.8 Å². The van der Waals surface area contributed by atoms with Crippen LogP contribution >= 0.6 is 0 Å². The number of aryl methyl sites for hydroxylation is 1. The molecule has 3 rings (SSSR count). The number of hydrogen-bond acceptors (Lipinski definition) is 3. The molecule has 1 saturated carbocycles. The van der Waals surface area contributed by atoms with E-state index in [0.717, 1.165) is 6.42 Å². The second kappa shape index (κ2) is 7.81. The van der Waals surface area contributed by atoms with Gasteiger partial charge in [0.15, 0.2) is 0 Å². The molecule has 0 bridgehead atoms. The number of para-hydroxylation sites is 1. The smallest absolute Gasteiger partial charge is 0.258 e. The van der Waals surface area contributed by atoms with Crippen molar-refractivity contribution in [2.24, 2.45) is 11.8 Å². The van der Waals surface area contributed by atoms with E-state index < -0.39 is 0 Å². The number of nitrogens with one attached hydrogen (secondary N) is 2. The SMILES string of the molecule is CC1CCCC(NC(=O)CCCc2nc3ccccc3c(=O)[nH]2)C1C. The lowest BCUT2D eigenvalue weighted by atomic mass is 9.78. The van der Waals surface area contributed by atoms with E-state index >= 15 is 0 Å². The summed E-state index contributed by atoms with van der Waals surface area (Å²) in [5.74, 6) is 1.97. The van der Waals surface area contributed by atoms with Gasteiger partial charge in [0.1, 0.15) is 5.82 Å². The molecular weight excluding hydrogens is 314 g/mol. The van der Waals surface area contributed by atoms with E-state index in [2.05, 4.69) is 29.1 Å². The number of benzene rings is 1. The maximum Gasteiger partial charge on any atom is 0.258 e. The van der Waals surface area contributed by atoms with E-state index in [9.17, 15) is 9.59 Å². The van der Waals surface area contributed by atoms with Crippen molar-refractivity contribution in [2.45, 2.75) is 58.4 Å². The molecule has 1 heterocycles. The second-order valence-corrected chi connectivity index (χ2v) is 7.32. The largest absolute Gasteiger partial charge is 0.353 e. The summed E-state index contributed by atoms with van der Waals surface area (Å²) in [5.41, 5.74) is 0.589. The Hall–Kier alpha value is -2.17. The predicted molar refractivity (Wildman–Crippen MR) is 99.4 cm³/mol. The van der Waals surface area contributed by atoms with Crippen molar-refractivity contribution in [3.05, 3.63) is 40.4 Å². The van der Waals surface area contributed by atoms with Gasteiger partial charge in [0.05, 0.1) is 10.9 Å². The highest BCUT2D eigenvalue weighted by Gasteiger charge is 2.27. The third kappa shape index (κ3) is 4.27. The minimum atomic E-state index is -0.116. The fraction of sp³-hybridized carbons (Fsp3) is 0.550. The molecule has 5 heteroatoms. The molecule has 1 fully saturated rings. The van der Waals surface area contributed by atoms with E-state index in [-0.39, 0.29) is 11.5 Å². The number of H-pyrrole nitrogens is 1. The zero-order valence-electron chi connectivity index (χ0n) is 15.0. The van der Waals surface area contributed by atoms with E-state index in [0.29, 0.717) is 53.9 Å². The Morgan fingerprint density at radius 2 is 2.08 bits per heavy atom. The Morgan fingerprint density at radius 3 is 2.92 bits per heavy atom. The monoisotopic (exact) mass is 341 g/mol. The van der Waals surface area contributed by atoms with Crippen molar-refractivity contribution < 1.29 is 4.79 Å². The van der Waals surface area contributed by atoms with Crippen molar-refractivity contribution in [3.63, 3.8) is 0 Å². The van der Waals surface area contributed by atoms with Gasteiger partial charge in [-0.05, 0) is 36.8 Å². The summed E-state index contributed by atoms with van der Waals surface area (Å²) in [7, 11) is 0. The van der Waals surface area contributed by atoms with Gasteiger partial charge in [-0.15, -0.1) is 0 Å². The maximum atomic E-state index is 12.2. The lowest BCUT2D eigenvalue weighted by Gasteiger charge is -2.34. The number of carbonyl (C=O) groups excluding carboxylic acids is 1. The first-order valence-electron chi connectivity index (χ1n) is 9.32. The molecule has 0 radical (unpaired) electrons. The molecule has 134 valence electrons. The summed E-state index contributed by atoms with van der Waals surface area (Å²) in [5, 5.41) is 3.80. The number of hydrogen-bond donors (Lipinski definition) is 2. The predicted octanol–water partition coefficient (Wildman–Crippen LogP) is 3.19. The third-order valence-electron chi connectivity index (χ3n) is 5.53. The first-order chi connectivity index (χ1) is 12.0. The summed E-state index contributed by atoms with van der Waals surface area (Å²) in [6.45, 7) is 4.50. The molecule has 3 unspecified atom stereocenters. The zero-order valence-corrected chi connectivity index (χ0v) is 15.0. The van der Waals surface area contributed by atoms with Crippen LogP contribution in [0, 0.1) is 11.8 Å². The Labute approximate surface area is 148 Å². The molecule has 1 amide bonds. The van der Waals surface area contributed by atoms with Crippen molar-refractivity contribution in [2.75, 3.05) is 0 Å². The second-order valence-electron chi connectivity index (χ2n) is 7.32. The van der Waals surface area contributed by atoms with Crippen molar-refractivity contribution in [1.82, 2.24) is 15.3 Å². The summed E-state index contributed by atoms with van der Waals surface area (Å²) < 4.78 is 0. The van der Waals surface area contributed by atoms with Crippen LogP contribution in [-0.2, 0) is 11.2 Å². The Kier molecular flexibility index (Phi) is 5.51. The Balaban J connectivity index is 1.52. The first-order valence-corrected chi connectivity index (χ1v) is 9.32. The van der Waals surface area contributed by atoms with Gasteiger partial charge >= 0.3 is 0 Å². The molecule has 2 N–H and O–H groups in total. The Bertz CT molecular complexity index is 799. The van der Waals surface area contributed by atoms with Gasteiger partial charge in [-0.25, -0.2) is 4.98 Å². The number of rotatable bonds is 5. The van der Waals surface area contributed by atoms with Crippen molar-refractivity contribution >= 4 is 16.8 Å². The molecule has 0 spiro atoms. The van der Waals surface area contributed by atoms with Crippen LogP contribution in [-0.4, -0.2) is 21.9 Å². The van der Waals surface area contributed by atoms with Crippen LogP contribution in [0.5, 0.6) is 0 Å². The molecule has 25 heavy (non-hydrogen) atoms. The van der Waals surface area contributed by atoms with E-state index in [1.54, 1.807) is 6.07 Å². The maximum absolute atomic E-state index is 12.2. The molecule has 0 saturated heterocycles. The molecule has 0 aliphatic heterocycles. The molecule has 1 aliphatic carbocycles. The normalized spacial score (nSPS) is 23.5. The number of aromatic amines is 1. The van der Waals surface area contributed by atoms with Gasteiger partial charge in [-0.3, -0.25) is 9.59 Å². The molecule has 1 aromatic heterocycles. The molecule has 1 aromatic carbocycles. The average molecular weight is 341 g/mol. The third-order valence-corrected chi connectivity index (χ3v) is 5.53. The number of amides is 1. The summed E-state index contributed by atoms with van der Waals surface area (Å²) in [4.78, 5) is 31.6. The molecule has 5 nitrogen and oxygen atoms in total. The van der Waals surface area contributed by atoms with Gasteiger partial charge in [-0.1, -0.05) is 38.8 Å². The van der Waals surface area contributed by atoms with Crippen LogP contribution in [0.25, 0.3) is 10.9 Å². The van der Waals surface area contributed by atoms with Crippen molar-refractivity contribution in [1.29, 1.82) is 0 Å². The van der Waals surface area contributed by atoms with Crippen LogP contribution in [0.2, 0.25) is 0 Å². The molecular formula is C20H27N3O2. The van der Waals surface area contributed by atoms with Gasteiger partial charge in [0, 0.05) is 18.9 Å². The number of aromatic nitrogens is 2. The summed E-state index contributed by atoms with van der Waals surface area (Å²) >= 11 is 0. The highest BCUT2D eigenvalue weighted by atomic mass is 16.1. The van der Waals surface area contributed by atoms with E-state index in [1.165, 1.54) is 12.8 Å². The minimum Gasteiger partial charge on any atom is -0.353 e. The summed E-state index contributed by atoms with van der Waals surface area (Å²) in [6, 6.07) is 7.61. The lowest BCUT2D eigenvalue weighted by Crippen LogP contribution is -2.43. The van der Waals surface area contributed by atoms with Crippen molar-refractivity contribution in [3.8, 4) is 0 Å². The van der Waals surface area contributed by atoms with Crippen LogP contribution in [0.3, 0.4) is 0 Å². The van der Waals surface area contributed by atoms with Gasteiger partial charge in [0.2, 0.25) is 5.91 Å². The number of nitrogens with zero attached hydrogens (tertiary/aromatic N) is 1. The van der Waals surface area contributed by atoms with E-state index in [1.807, 2.05) is 18.2 Å². The zero-order chi connectivity index (χ0) is 17.8. The van der Waals surface area contributed by atoms with Gasteiger partial charge in [0.25, 0.3) is 5.56 Å². The minimum absolute atomic E-state index is 0.106. The van der Waals surface area contributed by atoms with E-state index in [4.69, 9.17) is 0 Å². The van der Waals surface area contributed by atoms with Gasteiger partial charge in [-0.2, -0.15) is 0 Å². The summed E-state index contributed by atoms with van der Waals surface area (Å²) in [6.07, 6.45) is 5.28. The number of fused-ring (bicyclic) bond motifs is 1. The quantitative estimate of drug-likeness (QED) is 0.877. The molecule has 2 aromatic rings. The molecule has 1 aliphatic rings. The fourth-order valence-corrected chi connectivity index (χ4v) is 3.73. The fourth-order valence-electron chi connectivity index (χ4n) is 3.73. The van der Waals surface area contributed by atoms with Crippen LogP contribution in [0.15, 0.2) is 29.1 Å². The standard InChI is InChI=1S/C20H27N3O2/c1-13-7-5-10-16(14(13)2)22-19(24)12-6-11-18-21-17-9-4-3-8-15(17)20(25)23-18/h3-4,8-9,13-14,16H,5-7,10-12H2,1-2H3,(H,22,24)(H,21,23,25). The number of carbonyl (C=O) groups is 1. The highest BCUT2D eigenvalue weighted by molar-refractivity contribution is 5.77. The van der Waals surface area contributed by atoms with Crippen LogP contribution in [0.1, 0.15) is 51.8 Å². The average Bonchev–Trinajstić information content (AvgIpc) is 2.59.